The minimum Gasteiger partial charge on any atom is -0.296 e. The van der Waals surface area contributed by atoms with Gasteiger partial charge in [0.05, 0.1) is 15.9 Å². The lowest BCUT2D eigenvalue weighted by Crippen LogP contribution is -2.36. The van der Waals surface area contributed by atoms with Crippen LogP contribution in [0, 0.1) is 6.92 Å². The van der Waals surface area contributed by atoms with Gasteiger partial charge in [0.2, 0.25) is 0 Å². The van der Waals surface area contributed by atoms with E-state index in [0.717, 1.165) is 24.0 Å². The van der Waals surface area contributed by atoms with Crippen LogP contribution in [0.4, 0.5) is 0 Å². The molecule has 96 valence electrons. The van der Waals surface area contributed by atoms with Crippen LogP contribution >= 0.6 is 27.7 Å². The molecule has 1 aliphatic rings. The van der Waals surface area contributed by atoms with E-state index < -0.39 is 0 Å². The first-order chi connectivity index (χ1) is 8.11. The van der Waals surface area contributed by atoms with Gasteiger partial charge in [-0.15, -0.1) is 0 Å². The van der Waals surface area contributed by atoms with Gasteiger partial charge in [0.25, 0.3) is 0 Å². The van der Waals surface area contributed by atoms with E-state index in [-0.39, 0.29) is 0 Å². The van der Waals surface area contributed by atoms with Gasteiger partial charge in [0.15, 0.2) is 0 Å². The first-order valence-corrected chi connectivity index (χ1v) is 8.01. The minimum atomic E-state index is 0.752. The van der Waals surface area contributed by atoms with E-state index in [1.807, 2.05) is 0 Å². The Morgan fingerprint density at radius 2 is 2.29 bits per heavy atom. The van der Waals surface area contributed by atoms with E-state index in [9.17, 15) is 0 Å². The third-order valence-electron chi connectivity index (χ3n) is 3.15. The molecule has 1 fully saturated rings. The van der Waals surface area contributed by atoms with Crippen LogP contribution < -0.4 is 0 Å². The fourth-order valence-corrected chi connectivity index (χ4v) is 3.76. The zero-order valence-corrected chi connectivity index (χ0v) is 13.1. The molecule has 1 unspecified atom stereocenters. The lowest BCUT2D eigenvalue weighted by atomic mass is 10.3. The number of nitrogens with zero attached hydrogens (tertiary/aromatic N) is 3. The Kier molecular flexibility index (Phi) is 4.55. The molecule has 0 radical (unpaired) electrons. The standard InChI is InChI=1S/C12H20BrN3S/c1-4-16-11(12(13)10(3)14-16)8-15-5-6-17-9(2)7-15/h9H,4-8H2,1-3H3. The number of aryl methyl sites for hydroxylation is 2. The minimum absolute atomic E-state index is 0.752. The highest BCUT2D eigenvalue weighted by Gasteiger charge is 2.20. The second kappa shape index (κ2) is 5.76. The number of thioether (sulfide) groups is 1. The Morgan fingerprint density at radius 1 is 1.53 bits per heavy atom. The second-order valence-corrected chi connectivity index (χ2v) is 6.92. The third kappa shape index (κ3) is 3.06. The first kappa shape index (κ1) is 13.4. The number of aromatic nitrogens is 2. The van der Waals surface area contributed by atoms with Crippen molar-refractivity contribution in [2.45, 2.75) is 39.1 Å². The highest BCUT2D eigenvalue weighted by Crippen LogP contribution is 2.25. The fraction of sp³-hybridized carbons (Fsp3) is 0.750. The van der Waals surface area contributed by atoms with Crippen molar-refractivity contribution in [3.8, 4) is 0 Å². The van der Waals surface area contributed by atoms with Crippen LogP contribution in [0.25, 0.3) is 0 Å². The SMILES string of the molecule is CCn1nc(C)c(Br)c1CN1CCSC(C)C1. The molecular formula is C12H20BrN3S. The monoisotopic (exact) mass is 317 g/mol. The van der Waals surface area contributed by atoms with Crippen molar-refractivity contribution in [2.75, 3.05) is 18.8 Å². The Morgan fingerprint density at radius 3 is 2.94 bits per heavy atom. The van der Waals surface area contributed by atoms with Crippen LogP contribution in [0.2, 0.25) is 0 Å². The van der Waals surface area contributed by atoms with Crippen LogP contribution in [0.15, 0.2) is 4.47 Å². The van der Waals surface area contributed by atoms with Crippen molar-refractivity contribution >= 4 is 27.7 Å². The van der Waals surface area contributed by atoms with Gasteiger partial charge in [0, 0.05) is 37.2 Å². The van der Waals surface area contributed by atoms with Crippen LogP contribution in [-0.4, -0.2) is 38.8 Å². The fourth-order valence-electron chi connectivity index (χ4n) is 2.27. The van der Waals surface area contributed by atoms with Crippen molar-refractivity contribution in [3.05, 3.63) is 15.9 Å². The molecule has 5 heteroatoms. The van der Waals surface area contributed by atoms with Crippen molar-refractivity contribution in [1.82, 2.24) is 14.7 Å². The number of hydrogen-bond donors (Lipinski definition) is 0. The number of halogens is 1. The summed E-state index contributed by atoms with van der Waals surface area (Å²) in [5, 5.41) is 5.30. The molecule has 2 rings (SSSR count). The molecule has 1 aromatic heterocycles. The van der Waals surface area contributed by atoms with E-state index >= 15 is 0 Å². The van der Waals surface area contributed by atoms with Gasteiger partial charge in [-0.25, -0.2) is 0 Å². The van der Waals surface area contributed by atoms with E-state index in [1.165, 1.54) is 29.0 Å². The molecular weight excluding hydrogens is 298 g/mol. The summed E-state index contributed by atoms with van der Waals surface area (Å²) in [5.41, 5.74) is 2.42. The van der Waals surface area contributed by atoms with Crippen molar-refractivity contribution in [1.29, 1.82) is 0 Å². The van der Waals surface area contributed by atoms with Gasteiger partial charge >= 0.3 is 0 Å². The highest BCUT2D eigenvalue weighted by atomic mass is 79.9. The van der Waals surface area contributed by atoms with Crippen LogP contribution in [0.1, 0.15) is 25.2 Å². The molecule has 0 spiro atoms. The smallest absolute Gasteiger partial charge is 0.0739 e. The highest BCUT2D eigenvalue weighted by molar-refractivity contribution is 9.10. The molecule has 0 amide bonds. The summed E-state index contributed by atoms with van der Waals surface area (Å²) in [5.74, 6) is 1.25. The van der Waals surface area contributed by atoms with Crippen molar-refractivity contribution < 1.29 is 0 Å². The van der Waals surface area contributed by atoms with Crippen LogP contribution in [0.5, 0.6) is 0 Å². The molecule has 0 N–H and O–H groups in total. The van der Waals surface area contributed by atoms with Gasteiger partial charge in [-0.1, -0.05) is 6.92 Å². The Bertz CT molecular complexity index is 391. The van der Waals surface area contributed by atoms with E-state index in [0.29, 0.717) is 0 Å². The third-order valence-corrected chi connectivity index (χ3v) is 5.32. The summed E-state index contributed by atoms with van der Waals surface area (Å²) < 4.78 is 3.30. The first-order valence-electron chi connectivity index (χ1n) is 6.17. The largest absolute Gasteiger partial charge is 0.296 e. The molecule has 0 bridgehead atoms. The van der Waals surface area contributed by atoms with Gasteiger partial charge in [-0.3, -0.25) is 9.58 Å². The lowest BCUT2D eigenvalue weighted by molar-refractivity contribution is 0.269. The van der Waals surface area contributed by atoms with Gasteiger partial charge in [0.1, 0.15) is 0 Å². The Labute approximate surface area is 116 Å². The van der Waals surface area contributed by atoms with E-state index in [4.69, 9.17) is 0 Å². The maximum atomic E-state index is 4.55. The lowest BCUT2D eigenvalue weighted by Gasteiger charge is -2.30. The average Bonchev–Trinajstić information content (AvgIpc) is 2.57. The van der Waals surface area contributed by atoms with Gasteiger partial charge in [-0.2, -0.15) is 16.9 Å². The maximum Gasteiger partial charge on any atom is 0.0739 e. The summed E-state index contributed by atoms with van der Waals surface area (Å²) in [6, 6.07) is 0. The summed E-state index contributed by atoms with van der Waals surface area (Å²) in [6.45, 7) is 10.9. The molecule has 1 saturated heterocycles. The topological polar surface area (TPSA) is 21.1 Å². The zero-order valence-electron chi connectivity index (χ0n) is 10.7. The molecule has 0 aliphatic carbocycles. The average molecular weight is 318 g/mol. The molecule has 2 heterocycles. The van der Waals surface area contributed by atoms with Crippen molar-refractivity contribution in [2.24, 2.45) is 0 Å². The zero-order chi connectivity index (χ0) is 12.4. The maximum absolute atomic E-state index is 4.55. The van der Waals surface area contributed by atoms with Gasteiger partial charge in [-0.05, 0) is 29.8 Å². The molecule has 1 aromatic rings. The number of hydrogen-bond acceptors (Lipinski definition) is 3. The predicted octanol–water partition coefficient (Wildman–Crippen LogP) is 2.91. The summed E-state index contributed by atoms with van der Waals surface area (Å²) in [6.07, 6.45) is 0. The quantitative estimate of drug-likeness (QED) is 0.855. The summed E-state index contributed by atoms with van der Waals surface area (Å²) in [4.78, 5) is 2.54. The predicted molar refractivity (Wildman–Crippen MR) is 77.5 cm³/mol. The summed E-state index contributed by atoms with van der Waals surface area (Å²) >= 11 is 5.74. The second-order valence-electron chi connectivity index (χ2n) is 4.58. The number of rotatable bonds is 3. The van der Waals surface area contributed by atoms with Crippen molar-refractivity contribution in [3.63, 3.8) is 0 Å². The normalized spacial score (nSPS) is 22.0. The Hall–Kier alpha value is -0.0000000000000000555. The van der Waals surface area contributed by atoms with E-state index in [1.54, 1.807) is 0 Å². The summed E-state index contributed by atoms with van der Waals surface area (Å²) in [7, 11) is 0. The molecule has 0 aromatic carbocycles. The molecule has 0 saturated carbocycles. The molecule has 1 atom stereocenters. The molecule has 3 nitrogen and oxygen atoms in total. The molecule has 1 aliphatic heterocycles. The van der Waals surface area contributed by atoms with Crippen LogP contribution in [0.3, 0.4) is 0 Å². The Balaban J connectivity index is 2.12. The van der Waals surface area contributed by atoms with E-state index in [2.05, 4.69) is 63.1 Å². The van der Waals surface area contributed by atoms with Crippen LogP contribution in [-0.2, 0) is 13.1 Å². The molecule has 17 heavy (non-hydrogen) atoms. The van der Waals surface area contributed by atoms with Gasteiger partial charge < -0.3 is 0 Å².